The second-order valence-corrected chi connectivity index (χ2v) is 5.88. The van der Waals surface area contributed by atoms with Gasteiger partial charge in [0.25, 0.3) is 0 Å². The minimum Gasteiger partial charge on any atom is -0.294 e. The standard InChI is InChI=1S/C15H17IO/c16-14-8-6-13(7-9-14)11-15(17)10-12-4-2-1-3-5-12/h6-10H,1-5,11H2. The van der Waals surface area contributed by atoms with Crippen LogP contribution in [-0.2, 0) is 11.2 Å². The Morgan fingerprint density at radius 3 is 2.41 bits per heavy atom. The molecule has 1 saturated carbocycles. The minimum atomic E-state index is 0.253. The average molecular weight is 340 g/mol. The van der Waals surface area contributed by atoms with Gasteiger partial charge in [-0.2, -0.15) is 0 Å². The van der Waals surface area contributed by atoms with Crippen LogP contribution in [0.15, 0.2) is 35.9 Å². The van der Waals surface area contributed by atoms with Gasteiger partial charge in [-0.15, -0.1) is 0 Å². The van der Waals surface area contributed by atoms with Crippen molar-refractivity contribution in [2.24, 2.45) is 0 Å². The summed E-state index contributed by atoms with van der Waals surface area (Å²) in [6, 6.07) is 8.19. The fourth-order valence-corrected chi connectivity index (χ4v) is 2.59. The summed E-state index contributed by atoms with van der Waals surface area (Å²) in [6.45, 7) is 0. The van der Waals surface area contributed by atoms with Gasteiger partial charge in [-0.25, -0.2) is 0 Å². The number of hydrogen-bond acceptors (Lipinski definition) is 1. The summed E-state index contributed by atoms with van der Waals surface area (Å²) in [5, 5.41) is 0. The van der Waals surface area contributed by atoms with Crippen LogP contribution in [0.4, 0.5) is 0 Å². The molecule has 1 fully saturated rings. The Bertz CT molecular complexity index is 409. The van der Waals surface area contributed by atoms with Crippen LogP contribution in [-0.4, -0.2) is 5.78 Å². The SMILES string of the molecule is O=C(C=C1CCCCC1)Cc1ccc(I)cc1. The quantitative estimate of drug-likeness (QED) is 0.593. The first-order valence-corrected chi connectivity index (χ1v) is 7.28. The van der Waals surface area contributed by atoms with Crippen molar-refractivity contribution in [3.05, 3.63) is 45.0 Å². The highest BCUT2D eigenvalue weighted by atomic mass is 127. The molecule has 1 aliphatic carbocycles. The van der Waals surface area contributed by atoms with Gasteiger partial charge in [-0.3, -0.25) is 4.79 Å². The predicted octanol–water partition coefficient (Wildman–Crippen LogP) is 4.29. The highest BCUT2D eigenvalue weighted by Gasteiger charge is 2.07. The number of halogens is 1. The predicted molar refractivity (Wildman–Crippen MR) is 79.0 cm³/mol. The molecule has 1 aliphatic rings. The van der Waals surface area contributed by atoms with Crippen LogP contribution in [0.5, 0.6) is 0 Å². The van der Waals surface area contributed by atoms with E-state index < -0.39 is 0 Å². The number of hydrogen-bond donors (Lipinski definition) is 0. The smallest absolute Gasteiger partial charge is 0.160 e. The van der Waals surface area contributed by atoms with Crippen molar-refractivity contribution in [1.29, 1.82) is 0 Å². The van der Waals surface area contributed by atoms with E-state index >= 15 is 0 Å². The Morgan fingerprint density at radius 1 is 1.12 bits per heavy atom. The van der Waals surface area contributed by atoms with Gasteiger partial charge in [0.2, 0.25) is 0 Å². The van der Waals surface area contributed by atoms with E-state index in [0.29, 0.717) is 6.42 Å². The second-order valence-electron chi connectivity index (χ2n) is 4.63. The highest BCUT2D eigenvalue weighted by Crippen LogP contribution is 2.22. The first-order chi connectivity index (χ1) is 8.24. The van der Waals surface area contributed by atoms with Gasteiger partial charge < -0.3 is 0 Å². The Morgan fingerprint density at radius 2 is 1.76 bits per heavy atom. The largest absolute Gasteiger partial charge is 0.294 e. The summed E-state index contributed by atoms with van der Waals surface area (Å²) in [6.07, 6.45) is 8.50. The first-order valence-electron chi connectivity index (χ1n) is 6.21. The van der Waals surface area contributed by atoms with Crippen LogP contribution in [0.25, 0.3) is 0 Å². The van der Waals surface area contributed by atoms with E-state index in [-0.39, 0.29) is 5.78 Å². The maximum absolute atomic E-state index is 11.9. The molecule has 0 N–H and O–H groups in total. The monoisotopic (exact) mass is 340 g/mol. The maximum atomic E-state index is 11.9. The van der Waals surface area contributed by atoms with E-state index in [1.165, 1.54) is 28.4 Å². The van der Waals surface area contributed by atoms with Gasteiger partial charge in [0.1, 0.15) is 0 Å². The molecule has 0 spiro atoms. The van der Waals surface area contributed by atoms with Crippen LogP contribution in [0, 0.1) is 3.57 Å². The molecule has 0 bridgehead atoms. The molecule has 0 aromatic heterocycles. The normalized spacial score (nSPS) is 15.7. The number of allylic oxidation sites excluding steroid dienone is 2. The van der Waals surface area contributed by atoms with E-state index in [9.17, 15) is 4.79 Å². The number of ketones is 1. The van der Waals surface area contributed by atoms with Crippen LogP contribution in [0.1, 0.15) is 37.7 Å². The summed E-state index contributed by atoms with van der Waals surface area (Å²) < 4.78 is 1.21. The number of benzene rings is 1. The summed E-state index contributed by atoms with van der Waals surface area (Å²) in [5.74, 6) is 0.253. The molecule has 2 heteroatoms. The van der Waals surface area contributed by atoms with E-state index in [1.54, 1.807) is 0 Å². The molecule has 0 saturated heterocycles. The summed E-state index contributed by atoms with van der Waals surface area (Å²) in [5.41, 5.74) is 2.47. The molecule has 0 atom stereocenters. The fraction of sp³-hybridized carbons (Fsp3) is 0.400. The third kappa shape index (κ3) is 4.26. The molecule has 0 heterocycles. The number of rotatable bonds is 3. The lowest BCUT2D eigenvalue weighted by atomic mass is 9.93. The molecule has 1 aromatic carbocycles. The van der Waals surface area contributed by atoms with E-state index in [0.717, 1.165) is 18.4 Å². The molecule has 0 radical (unpaired) electrons. The molecule has 2 rings (SSSR count). The molecular weight excluding hydrogens is 323 g/mol. The first kappa shape index (κ1) is 12.8. The number of carbonyl (C=O) groups excluding carboxylic acids is 1. The molecule has 0 aliphatic heterocycles. The Balaban J connectivity index is 1.94. The Labute approximate surface area is 116 Å². The summed E-state index contributed by atoms with van der Waals surface area (Å²) >= 11 is 2.28. The third-order valence-corrected chi connectivity index (χ3v) is 3.87. The zero-order chi connectivity index (χ0) is 12.1. The molecular formula is C15H17IO. The molecule has 0 amide bonds. The van der Waals surface area contributed by atoms with Crippen molar-refractivity contribution >= 4 is 28.4 Å². The van der Waals surface area contributed by atoms with Gasteiger partial charge in [-0.1, -0.05) is 24.1 Å². The number of carbonyl (C=O) groups is 1. The highest BCUT2D eigenvalue weighted by molar-refractivity contribution is 14.1. The maximum Gasteiger partial charge on any atom is 0.160 e. The molecule has 90 valence electrons. The van der Waals surface area contributed by atoms with Crippen molar-refractivity contribution in [2.75, 3.05) is 0 Å². The Hall–Kier alpha value is -0.640. The van der Waals surface area contributed by atoms with Crippen molar-refractivity contribution in [3.63, 3.8) is 0 Å². The molecule has 1 aromatic rings. The minimum absolute atomic E-state index is 0.253. The summed E-state index contributed by atoms with van der Waals surface area (Å²) in [4.78, 5) is 11.9. The van der Waals surface area contributed by atoms with Gasteiger partial charge >= 0.3 is 0 Å². The second kappa shape index (κ2) is 6.34. The van der Waals surface area contributed by atoms with Gasteiger partial charge in [-0.05, 0) is 72.0 Å². The topological polar surface area (TPSA) is 17.1 Å². The average Bonchev–Trinajstić information content (AvgIpc) is 2.33. The molecule has 0 unspecified atom stereocenters. The van der Waals surface area contributed by atoms with E-state index in [2.05, 4.69) is 34.7 Å². The van der Waals surface area contributed by atoms with Crippen LogP contribution in [0.3, 0.4) is 0 Å². The zero-order valence-corrected chi connectivity index (χ0v) is 12.1. The summed E-state index contributed by atoms with van der Waals surface area (Å²) in [7, 11) is 0. The van der Waals surface area contributed by atoms with Gasteiger partial charge in [0.05, 0.1) is 0 Å². The van der Waals surface area contributed by atoms with Crippen molar-refractivity contribution in [2.45, 2.75) is 38.5 Å². The van der Waals surface area contributed by atoms with Gasteiger partial charge in [0.15, 0.2) is 5.78 Å². The lowest BCUT2D eigenvalue weighted by Crippen LogP contribution is -2.02. The van der Waals surface area contributed by atoms with Crippen molar-refractivity contribution in [3.8, 4) is 0 Å². The van der Waals surface area contributed by atoms with Crippen molar-refractivity contribution in [1.82, 2.24) is 0 Å². The Kier molecular flexibility index (Phi) is 4.77. The lowest BCUT2D eigenvalue weighted by Gasteiger charge is -2.12. The van der Waals surface area contributed by atoms with Crippen LogP contribution < -0.4 is 0 Å². The van der Waals surface area contributed by atoms with E-state index in [1.807, 2.05) is 18.2 Å². The molecule has 17 heavy (non-hydrogen) atoms. The fourth-order valence-electron chi connectivity index (χ4n) is 2.23. The van der Waals surface area contributed by atoms with Crippen LogP contribution >= 0.6 is 22.6 Å². The van der Waals surface area contributed by atoms with Gasteiger partial charge in [0, 0.05) is 9.99 Å². The lowest BCUT2D eigenvalue weighted by molar-refractivity contribution is -0.114. The zero-order valence-electron chi connectivity index (χ0n) is 9.92. The third-order valence-electron chi connectivity index (χ3n) is 3.15. The molecule has 1 nitrogen and oxygen atoms in total. The van der Waals surface area contributed by atoms with E-state index in [4.69, 9.17) is 0 Å². The van der Waals surface area contributed by atoms with Crippen LogP contribution in [0.2, 0.25) is 0 Å². The van der Waals surface area contributed by atoms with Crippen molar-refractivity contribution < 1.29 is 4.79 Å².